The molecular formula is C8H6N2O3. The van der Waals surface area contributed by atoms with E-state index in [-0.39, 0.29) is 22.0 Å². The number of carboxylic acid groups (broad SMARTS) is 1. The highest BCUT2D eigenvalue weighted by Gasteiger charge is 2.13. The zero-order chi connectivity index (χ0) is 9.59. The molecular weight excluding hydrogens is 172 g/mol. The predicted octanol–water partition coefficient (Wildman–Crippen LogP) is 0.246. The Labute approximate surface area is 72.1 Å². The normalized spacial score (nSPS) is 10.8. The molecule has 1 aromatic carbocycles. The second kappa shape index (κ2) is 2.22. The van der Waals surface area contributed by atoms with Crippen LogP contribution in [0.1, 0.15) is 10.4 Å². The van der Waals surface area contributed by atoms with E-state index in [0.717, 1.165) is 0 Å². The van der Waals surface area contributed by atoms with Crippen LogP contribution >= 0.6 is 0 Å². The number of nitrogen functional groups attached to an aromatic ring is 1. The van der Waals surface area contributed by atoms with Gasteiger partial charge in [0.25, 0.3) is 5.56 Å². The molecule has 0 aliphatic rings. The summed E-state index contributed by atoms with van der Waals surface area (Å²) in [6.07, 6.45) is 0. The Hall–Kier alpha value is -2.04. The standard InChI is InChI=1S/C8H6N2O3/c9-5-2-6-4(8(12)13)1-3(5)7(11)10-6/h1-2H,(H,12,13)(H3,9,10,11). The number of pyridine rings is 2. The third-order valence-corrected chi connectivity index (χ3v) is 1.91. The van der Waals surface area contributed by atoms with Crippen LogP contribution in [-0.4, -0.2) is 16.1 Å². The second-order valence-electron chi connectivity index (χ2n) is 2.74. The van der Waals surface area contributed by atoms with Crippen LogP contribution in [0, 0.1) is 0 Å². The molecule has 2 aromatic heterocycles. The summed E-state index contributed by atoms with van der Waals surface area (Å²) >= 11 is 0. The molecule has 66 valence electrons. The summed E-state index contributed by atoms with van der Waals surface area (Å²) in [7, 11) is 0. The highest BCUT2D eigenvalue weighted by molar-refractivity contribution is 6.00. The van der Waals surface area contributed by atoms with Crippen molar-refractivity contribution in [1.29, 1.82) is 0 Å². The van der Waals surface area contributed by atoms with Gasteiger partial charge in [0.2, 0.25) is 0 Å². The number of aromatic carboxylic acids is 1. The summed E-state index contributed by atoms with van der Waals surface area (Å²) in [5.74, 6) is -1.07. The number of fused-ring (bicyclic) bond motifs is 3. The highest BCUT2D eigenvalue weighted by Crippen LogP contribution is 2.18. The largest absolute Gasteiger partial charge is 0.478 e. The van der Waals surface area contributed by atoms with Crippen molar-refractivity contribution in [2.75, 3.05) is 5.73 Å². The van der Waals surface area contributed by atoms with Crippen molar-refractivity contribution in [3.05, 3.63) is 28.0 Å². The number of rotatable bonds is 1. The number of nitrogens with two attached hydrogens (primary N) is 1. The number of hydrogen-bond acceptors (Lipinski definition) is 3. The Morgan fingerprint density at radius 2 is 2.15 bits per heavy atom. The van der Waals surface area contributed by atoms with Gasteiger partial charge in [0.05, 0.1) is 16.5 Å². The fourth-order valence-corrected chi connectivity index (χ4v) is 1.28. The first-order valence-electron chi connectivity index (χ1n) is 3.58. The first-order valence-corrected chi connectivity index (χ1v) is 3.58. The average Bonchev–Trinajstić information content (AvgIpc) is 2.02. The van der Waals surface area contributed by atoms with E-state index in [0.29, 0.717) is 5.69 Å². The number of anilines is 1. The highest BCUT2D eigenvalue weighted by atomic mass is 16.4. The lowest BCUT2D eigenvalue weighted by molar-refractivity contribution is 0.0699. The quantitative estimate of drug-likeness (QED) is 0.545. The van der Waals surface area contributed by atoms with Crippen molar-refractivity contribution < 1.29 is 9.90 Å². The summed E-state index contributed by atoms with van der Waals surface area (Å²) in [5, 5.41) is 8.92. The van der Waals surface area contributed by atoms with Crippen molar-refractivity contribution in [2.45, 2.75) is 0 Å². The van der Waals surface area contributed by atoms with Crippen LogP contribution in [0.3, 0.4) is 0 Å². The van der Waals surface area contributed by atoms with Crippen molar-refractivity contribution in [1.82, 2.24) is 4.98 Å². The molecule has 0 saturated heterocycles. The van der Waals surface area contributed by atoms with Crippen LogP contribution in [0.15, 0.2) is 16.9 Å². The van der Waals surface area contributed by atoms with Gasteiger partial charge < -0.3 is 15.8 Å². The maximum absolute atomic E-state index is 11.1. The summed E-state index contributed by atoms with van der Waals surface area (Å²) in [5.41, 5.74) is 5.77. The van der Waals surface area contributed by atoms with Crippen LogP contribution in [0.2, 0.25) is 0 Å². The molecule has 0 radical (unpaired) electrons. The number of aromatic amines is 1. The lowest BCUT2D eigenvalue weighted by Crippen LogP contribution is -2.14. The number of carboxylic acids is 1. The van der Waals surface area contributed by atoms with Crippen molar-refractivity contribution in [2.24, 2.45) is 0 Å². The molecule has 0 atom stereocenters. The molecule has 0 spiro atoms. The van der Waals surface area contributed by atoms with Gasteiger partial charge in [-0.2, -0.15) is 0 Å². The Kier molecular flexibility index (Phi) is 1.30. The van der Waals surface area contributed by atoms with E-state index in [1.807, 2.05) is 0 Å². The maximum Gasteiger partial charge on any atom is 0.337 e. The fraction of sp³-hybridized carbons (Fsp3) is 0. The number of benzene rings is 1. The van der Waals surface area contributed by atoms with Gasteiger partial charge in [-0.05, 0) is 12.1 Å². The van der Waals surface area contributed by atoms with Crippen LogP contribution in [-0.2, 0) is 0 Å². The molecule has 2 heterocycles. The topological polar surface area (TPSA) is 96.2 Å². The molecule has 13 heavy (non-hydrogen) atoms. The van der Waals surface area contributed by atoms with Gasteiger partial charge in [-0.15, -0.1) is 0 Å². The second-order valence-corrected chi connectivity index (χ2v) is 2.74. The molecule has 2 bridgehead atoms. The maximum atomic E-state index is 11.1. The lowest BCUT2D eigenvalue weighted by Gasteiger charge is -2.05. The molecule has 3 aromatic rings. The lowest BCUT2D eigenvalue weighted by atomic mass is 10.1. The van der Waals surface area contributed by atoms with Gasteiger partial charge in [0, 0.05) is 5.69 Å². The van der Waals surface area contributed by atoms with E-state index in [2.05, 4.69) is 4.98 Å². The van der Waals surface area contributed by atoms with Crippen molar-refractivity contribution >= 4 is 22.6 Å². The zero-order valence-electron chi connectivity index (χ0n) is 6.50. The summed E-state index contributed by atoms with van der Waals surface area (Å²) in [6.45, 7) is 0. The van der Waals surface area contributed by atoms with Gasteiger partial charge in [-0.3, -0.25) is 4.79 Å². The number of hydrogen-bond donors (Lipinski definition) is 3. The third kappa shape index (κ3) is 0.936. The minimum atomic E-state index is -1.07. The number of carbonyl (C=O) groups is 1. The van der Waals surface area contributed by atoms with E-state index in [4.69, 9.17) is 10.8 Å². The van der Waals surface area contributed by atoms with Gasteiger partial charge in [0.1, 0.15) is 0 Å². The third-order valence-electron chi connectivity index (χ3n) is 1.91. The van der Waals surface area contributed by atoms with Gasteiger partial charge in [-0.25, -0.2) is 4.79 Å². The molecule has 5 nitrogen and oxygen atoms in total. The van der Waals surface area contributed by atoms with Crippen LogP contribution < -0.4 is 11.3 Å². The van der Waals surface area contributed by atoms with E-state index < -0.39 is 5.97 Å². The number of nitrogens with one attached hydrogen (secondary N) is 1. The van der Waals surface area contributed by atoms with Crippen LogP contribution in [0.5, 0.6) is 0 Å². The minimum Gasteiger partial charge on any atom is -0.478 e. The minimum absolute atomic E-state index is 0.0730. The number of H-pyrrole nitrogens is 1. The van der Waals surface area contributed by atoms with E-state index in [1.54, 1.807) is 0 Å². The zero-order valence-corrected chi connectivity index (χ0v) is 6.50. The fourth-order valence-electron chi connectivity index (χ4n) is 1.28. The SMILES string of the molecule is Nc1cc2[nH]c(=O)c1cc2C(=O)O. The van der Waals surface area contributed by atoms with Crippen LogP contribution in [0.4, 0.5) is 5.69 Å². The Morgan fingerprint density at radius 3 is 2.62 bits per heavy atom. The molecule has 0 aliphatic carbocycles. The molecule has 0 aliphatic heterocycles. The van der Waals surface area contributed by atoms with Crippen LogP contribution in [0.25, 0.3) is 10.9 Å². The number of aromatic nitrogens is 1. The summed E-state index contributed by atoms with van der Waals surface area (Å²) in [6, 6.07) is 2.73. The van der Waals surface area contributed by atoms with E-state index in [9.17, 15) is 9.59 Å². The molecule has 5 heteroatoms. The van der Waals surface area contributed by atoms with Crippen molar-refractivity contribution in [3.8, 4) is 0 Å². The van der Waals surface area contributed by atoms with E-state index >= 15 is 0 Å². The van der Waals surface area contributed by atoms with Gasteiger partial charge >= 0.3 is 5.97 Å². The summed E-state index contributed by atoms with van der Waals surface area (Å²) in [4.78, 5) is 24.2. The average molecular weight is 178 g/mol. The Morgan fingerprint density at radius 1 is 1.46 bits per heavy atom. The Balaban J connectivity index is 2.92. The monoisotopic (exact) mass is 178 g/mol. The molecule has 0 unspecified atom stereocenters. The Bertz CT molecular complexity index is 529. The predicted molar refractivity (Wildman–Crippen MR) is 47.1 cm³/mol. The van der Waals surface area contributed by atoms with Gasteiger partial charge in [0.15, 0.2) is 0 Å². The molecule has 0 amide bonds. The molecule has 0 fully saturated rings. The first-order chi connectivity index (χ1) is 6.09. The molecule has 3 rings (SSSR count). The molecule has 0 saturated carbocycles. The smallest absolute Gasteiger partial charge is 0.337 e. The van der Waals surface area contributed by atoms with Gasteiger partial charge in [-0.1, -0.05) is 0 Å². The first kappa shape index (κ1) is 7.60. The summed E-state index contributed by atoms with van der Waals surface area (Å²) < 4.78 is 0. The molecule has 4 N–H and O–H groups in total. The van der Waals surface area contributed by atoms with Crippen molar-refractivity contribution in [3.63, 3.8) is 0 Å². The van der Waals surface area contributed by atoms with E-state index in [1.165, 1.54) is 12.1 Å².